The Morgan fingerprint density at radius 1 is 1.12 bits per heavy atom. The zero-order chi connectivity index (χ0) is 23.4. The van der Waals surface area contributed by atoms with Crippen LogP contribution in [0.4, 0.5) is 26.3 Å². The van der Waals surface area contributed by atoms with Gasteiger partial charge >= 0.3 is 12.4 Å². The molecule has 4 heterocycles. The van der Waals surface area contributed by atoms with Crippen molar-refractivity contribution in [3.63, 3.8) is 0 Å². The fourth-order valence-electron chi connectivity index (χ4n) is 3.77. The lowest BCUT2D eigenvalue weighted by Crippen LogP contribution is -2.51. The molecule has 4 rings (SSSR count). The Balaban J connectivity index is 1.67. The first-order valence-electron chi connectivity index (χ1n) is 9.41. The van der Waals surface area contributed by atoms with Gasteiger partial charge in [0.2, 0.25) is 5.95 Å². The van der Waals surface area contributed by atoms with E-state index in [1.807, 2.05) is 0 Å². The number of hydrogen-bond donors (Lipinski definition) is 1. The molecule has 3 aromatic heterocycles. The van der Waals surface area contributed by atoms with E-state index in [1.54, 1.807) is 6.07 Å². The third kappa shape index (κ3) is 3.84. The Morgan fingerprint density at radius 3 is 2.34 bits per heavy atom. The molecule has 172 valence electrons. The van der Waals surface area contributed by atoms with Gasteiger partial charge in [-0.2, -0.15) is 31.4 Å². The molecule has 0 aliphatic carbocycles. The Labute approximate surface area is 175 Å². The predicted octanol–water partition coefficient (Wildman–Crippen LogP) is 2.72. The number of halogens is 6. The molecule has 1 fully saturated rings. The second-order valence-electron chi connectivity index (χ2n) is 7.59. The molecule has 0 spiro atoms. The molecule has 1 aliphatic rings. The lowest BCUT2D eigenvalue weighted by atomic mass is 9.88. The van der Waals surface area contributed by atoms with Crippen molar-refractivity contribution in [3.05, 3.63) is 46.1 Å². The molecule has 0 saturated carbocycles. The van der Waals surface area contributed by atoms with E-state index in [9.17, 15) is 35.9 Å². The minimum Gasteiger partial charge on any atom is -0.337 e. The van der Waals surface area contributed by atoms with E-state index in [-0.39, 0.29) is 22.7 Å². The average Bonchev–Trinajstić information content (AvgIpc) is 3.32. The highest BCUT2D eigenvalue weighted by molar-refractivity contribution is 5.95. The molecule has 1 saturated heterocycles. The van der Waals surface area contributed by atoms with Gasteiger partial charge in [0.25, 0.3) is 11.5 Å². The zero-order valence-corrected chi connectivity index (χ0v) is 16.4. The molecule has 8 nitrogen and oxygen atoms in total. The second-order valence-corrected chi connectivity index (χ2v) is 7.59. The number of likely N-dealkylation sites (tertiary alicyclic amines) is 1. The number of H-pyrrole nitrogens is 1. The summed E-state index contributed by atoms with van der Waals surface area (Å²) in [6.45, 7) is -0.375. The minimum absolute atomic E-state index is 0.0739. The normalized spacial score (nSPS) is 20.2. The summed E-state index contributed by atoms with van der Waals surface area (Å²) < 4.78 is 81.7. The van der Waals surface area contributed by atoms with E-state index in [0.717, 1.165) is 10.9 Å². The topological polar surface area (TPSA) is 88.3 Å². The van der Waals surface area contributed by atoms with Crippen molar-refractivity contribution in [2.24, 2.45) is 11.8 Å². The molecule has 3 aromatic rings. The van der Waals surface area contributed by atoms with Crippen LogP contribution < -0.4 is 5.56 Å². The second kappa shape index (κ2) is 7.38. The molecule has 1 N–H and O–H groups in total. The van der Waals surface area contributed by atoms with E-state index in [2.05, 4.69) is 15.2 Å². The van der Waals surface area contributed by atoms with Crippen LogP contribution in [-0.4, -0.2) is 60.6 Å². The number of carbonyl (C=O) groups excluding carboxylic acids is 1. The summed E-state index contributed by atoms with van der Waals surface area (Å²) in [6, 6.07) is 3.10. The van der Waals surface area contributed by atoms with Gasteiger partial charge in [-0.15, -0.1) is 5.10 Å². The number of amides is 1. The van der Waals surface area contributed by atoms with Crippen LogP contribution in [0.15, 0.2) is 29.3 Å². The predicted molar refractivity (Wildman–Crippen MR) is 97.3 cm³/mol. The van der Waals surface area contributed by atoms with Crippen molar-refractivity contribution in [2.75, 3.05) is 13.1 Å². The van der Waals surface area contributed by atoms with Gasteiger partial charge in [-0.1, -0.05) is 0 Å². The maximum atomic E-state index is 13.2. The Hall–Kier alpha value is -3.32. The van der Waals surface area contributed by atoms with Gasteiger partial charge < -0.3 is 4.90 Å². The molecule has 1 aliphatic heterocycles. The monoisotopic (exact) mass is 462 g/mol. The van der Waals surface area contributed by atoms with Crippen LogP contribution >= 0.6 is 0 Å². The van der Waals surface area contributed by atoms with Gasteiger partial charge in [-0.05, 0) is 25.5 Å². The van der Waals surface area contributed by atoms with Gasteiger partial charge in [0, 0.05) is 19.3 Å². The number of rotatable bonds is 2. The molecular weight excluding hydrogens is 446 g/mol. The Morgan fingerprint density at radius 2 is 1.75 bits per heavy atom. The summed E-state index contributed by atoms with van der Waals surface area (Å²) in [6.07, 6.45) is -8.36. The molecule has 0 bridgehead atoms. The Kier molecular flexibility index (Phi) is 5.05. The van der Waals surface area contributed by atoms with Gasteiger partial charge in [0.05, 0.1) is 29.3 Å². The molecule has 0 radical (unpaired) electrons. The fourth-order valence-corrected chi connectivity index (χ4v) is 3.77. The molecule has 2 unspecified atom stereocenters. The van der Waals surface area contributed by atoms with Crippen molar-refractivity contribution in [3.8, 4) is 5.95 Å². The number of nitrogens with zero attached hydrogens (tertiary/aromatic N) is 5. The number of carbonyl (C=O) groups is 1. The highest BCUT2D eigenvalue weighted by atomic mass is 19.4. The van der Waals surface area contributed by atoms with Crippen LogP contribution in [0, 0.1) is 18.8 Å². The van der Waals surface area contributed by atoms with Gasteiger partial charge in [0.1, 0.15) is 5.52 Å². The molecule has 32 heavy (non-hydrogen) atoms. The highest BCUT2D eigenvalue weighted by Gasteiger charge is 2.52. The first-order valence-corrected chi connectivity index (χ1v) is 9.41. The maximum Gasteiger partial charge on any atom is 0.393 e. The number of hydrogen-bond acceptors (Lipinski definition) is 4. The van der Waals surface area contributed by atoms with Crippen LogP contribution in [-0.2, 0) is 0 Å². The summed E-state index contributed by atoms with van der Waals surface area (Å²) in [5, 5.41) is 8.09. The summed E-state index contributed by atoms with van der Waals surface area (Å²) >= 11 is 0. The first kappa shape index (κ1) is 21.9. The van der Waals surface area contributed by atoms with Crippen LogP contribution in [0.2, 0.25) is 0 Å². The van der Waals surface area contributed by atoms with Crippen LogP contribution in [0.5, 0.6) is 0 Å². The quantitative estimate of drug-likeness (QED) is 0.594. The summed E-state index contributed by atoms with van der Waals surface area (Å²) in [7, 11) is 0. The zero-order valence-electron chi connectivity index (χ0n) is 16.4. The van der Waals surface area contributed by atoms with E-state index < -0.39 is 55.2 Å². The lowest BCUT2D eigenvalue weighted by Gasteiger charge is -2.39. The van der Waals surface area contributed by atoms with Crippen LogP contribution in [0.25, 0.3) is 11.5 Å². The van der Waals surface area contributed by atoms with Gasteiger partial charge in [-0.25, -0.2) is 9.20 Å². The molecule has 2 atom stereocenters. The summed E-state index contributed by atoms with van der Waals surface area (Å²) in [5.74, 6) is -5.68. The first-order chi connectivity index (χ1) is 14.9. The van der Waals surface area contributed by atoms with Crippen molar-refractivity contribution in [1.82, 2.24) is 29.3 Å². The molecule has 14 heteroatoms. The van der Waals surface area contributed by atoms with Crippen LogP contribution in [0.1, 0.15) is 22.5 Å². The van der Waals surface area contributed by atoms with E-state index in [4.69, 9.17) is 0 Å². The lowest BCUT2D eigenvalue weighted by molar-refractivity contribution is -0.226. The van der Waals surface area contributed by atoms with E-state index in [0.29, 0.717) is 4.90 Å². The largest absolute Gasteiger partial charge is 0.393 e. The number of aromatic nitrogens is 5. The SMILES string of the molecule is Cc1c(C(=O)N2CC(C(F)(F)F)CC(C(F)(F)F)C2)cnn1-c1nn2cccc2c(=O)[nH]1. The Bertz CT molecular complexity index is 1200. The number of nitrogens with one attached hydrogen (secondary N) is 1. The standard InChI is InChI=1S/C18H16F6N6O2/c1-9-12(6-25-30(9)16-26-14(31)13-3-2-4-29(13)27-16)15(32)28-7-10(17(19,20)21)5-11(8-28)18(22,23)24/h2-4,6,10-11H,5,7-8H2,1H3,(H,26,27,31). The van der Waals surface area contributed by atoms with Crippen molar-refractivity contribution < 1.29 is 31.1 Å². The van der Waals surface area contributed by atoms with Crippen molar-refractivity contribution in [2.45, 2.75) is 25.7 Å². The van der Waals surface area contributed by atoms with Crippen LogP contribution in [0.3, 0.4) is 0 Å². The number of piperidine rings is 1. The van der Waals surface area contributed by atoms with Gasteiger partial charge in [-0.3, -0.25) is 14.6 Å². The smallest absolute Gasteiger partial charge is 0.337 e. The fraction of sp³-hybridized carbons (Fsp3) is 0.444. The number of fused-ring (bicyclic) bond motifs is 1. The van der Waals surface area contributed by atoms with Crippen molar-refractivity contribution >= 4 is 11.4 Å². The van der Waals surface area contributed by atoms with E-state index >= 15 is 0 Å². The van der Waals surface area contributed by atoms with Crippen molar-refractivity contribution in [1.29, 1.82) is 0 Å². The molecule has 1 amide bonds. The third-order valence-corrected chi connectivity index (χ3v) is 5.49. The molecular formula is C18H16F6N6O2. The highest BCUT2D eigenvalue weighted by Crippen LogP contribution is 2.41. The molecule has 0 aromatic carbocycles. The number of alkyl halides is 6. The maximum absolute atomic E-state index is 13.2. The van der Waals surface area contributed by atoms with Gasteiger partial charge in [0.15, 0.2) is 0 Å². The summed E-state index contributed by atoms with van der Waals surface area (Å²) in [4.78, 5) is 28.1. The minimum atomic E-state index is -4.88. The summed E-state index contributed by atoms with van der Waals surface area (Å²) in [5.41, 5.74) is -0.342. The average molecular weight is 462 g/mol. The van der Waals surface area contributed by atoms with E-state index in [1.165, 1.54) is 23.7 Å². The number of aromatic amines is 1. The third-order valence-electron chi connectivity index (χ3n) is 5.49.